The molecule has 3 nitrogen and oxygen atoms in total. The fourth-order valence-electron chi connectivity index (χ4n) is 2.09. The first-order valence-corrected chi connectivity index (χ1v) is 6.70. The number of hydrogen-bond donors (Lipinski definition) is 2. The molecule has 0 aliphatic heterocycles. The maximum absolute atomic E-state index is 11.1. The van der Waals surface area contributed by atoms with Gasteiger partial charge < -0.3 is 10.2 Å². The molecule has 0 fully saturated rings. The summed E-state index contributed by atoms with van der Waals surface area (Å²) < 4.78 is 0. The van der Waals surface area contributed by atoms with Gasteiger partial charge in [-0.15, -0.1) is 0 Å². The van der Waals surface area contributed by atoms with Crippen LogP contribution in [0.4, 0.5) is 0 Å². The summed E-state index contributed by atoms with van der Waals surface area (Å²) in [6.45, 7) is 0. The third-order valence-electron chi connectivity index (χ3n) is 3.05. The van der Waals surface area contributed by atoms with E-state index in [4.69, 9.17) is 28.3 Å². The fraction of sp³-hybridized carbons (Fsp3) is 0.133. The number of rotatable bonds is 4. The Balaban J connectivity index is 2.53. The van der Waals surface area contributed by atoms with Crippen LogP contribution in [0.1, 0.15) is 23.5 Å². The summed E-state index contributed by atoms with van der Waals surface area (Å²) in [5, 5.41) is 18.8. The van der Waals surface area contributed by atoms with Gasteiger partial charge in [-0.3, -0.25) is 4.79 Å². The number of aromatic hydroxyl groups is 1. The molecule has 0 aliphatic carbocycles. The van der Waals surface area contributed by atoms with Crippen LogP contribution in [0.3, 0.4) is 0 Å². The Morgan fingerprint density at radius 3 is 2.30 bits per heavy atom. The second-order valence-electron chi connectivity index (χ2n) is 4.36. The van der Waals surface area contributed by atoms with Gasteiger partial charge in [0.05, 0.1) is 11.4 Å². The molecule has 0 heterocycles. The van der Waals surface area contributed by atoms with E-state index >= 15 is 0 Å². The van der Waals surface area contributed by atoms with Crippen molar-refractivity contribution in [2.24, 2.45) is 0 Å². The van der Waals surface area contributed by atoms with Crippen molar-refractivity contribution >= 4 is 29.2 Å². The van der Waals surface area contributed by atoms with Crippen molar-refractivity contribution in [3.05, 3.63) is 63.6 Å². The Bertz CT molecular complexity index is 627. The van der Waals surface area contributed by atoms with E-state index in [-0.39, 0.29) is 22.2 Å². The minimum atomic E-state index is -0.931. The summed E-state index contributed by atoms with van der Waals surface area (Å²) in [5.74, 6) is -1.47. The van der Waals surface area contributed by atoms with E-state index in [0.29, 0.717) is 5.56 Å². The Morgan fingerprint density at radius 2 is 1.70 bits per heavy atom. The number of aliphatic carboxylic acids is 1. The predicted molar refractivity (Wildman–Crippen MR) is 78.7 cm³/mol. The Morgan fingerprint density at radius 1 is 1.05 bits per heavy atom. The zero-order chi connectivity index (χ0) is 14.7. The highest BCUT2D eigenvalue weighted by atomic mass is 35.5. The van der Waals surface area contributed by atoms with Gasteiger partial charge in [0.25, 0.3) is 0 Å². The second-order valence-corrected chi connectivity index (χ2v) is 5.12. The molecule has 2 N–H and O–H groups in total. The first-order valence-electron chi connectivity index (χ1n) is 5.94. The third kappa shape index (κ3) is 3.06. The average molecular weight is 311 g/mol. The molecule has 2 aromatic rings. The van der Waals surface area contributed by atoms with Crippen LogP contribution in [0.25, 0.3) is 0 Å². The average Bonchev–Trinajstić information content (AvgIpc) is 2.44. The number of benzene rings is 2. The van der Waals surface area contributed by atoms with Crippen LogP contribution < -0.4 is 0 Å². The van der Waals surface area contributed by atoms with E-state index < -0.39 is 11.9 Å². The van der Waals surface area contributed by atoms with Gasteiger partial charge in [0, 0.05) is 5.92 Å². The van der Waals surface area contributed by atoms with Crippen molar-refractivity contribution in [2.45, 2.75) is 12.3 Å². The highest BCUT2D eigenvalue weighted by molar-refractivity contribution is 6.43. The number of phenolic OH excluding ortho intramolecular Hbond substituents is 1. The van der Waals surface area contributed by atoms with Crippen LogP contribution in [-0.4, -0.2) is 16.2 Å². The molecule has 0 spiro atoms. The van der Waals surface area contributed by atoms with E-state index in [2.05, 4.69) is 0 Å². The van der Waals surface area contributed by atoms with Gasteiger partial charge in [-0.05, 0) is 17.2 Å². The smallest absolute Gasteiger partial charge is 0.304 e. The highest BCUT2D eigenvalue weighted by Gasteiger charge is 2.22. The molecule has 0 aliphatic rings. The lowest BCUT2D eigenvalue weighted by molar-refractivity contribution is -0.137. The molecule has 0 radical (unpaired) electrons. The molecule has 0 saturated heterocycles. The maximum Gasteiger partial charge on any atom is 0.304 e. The molecule has 0 aromatic heterocycles. The van der Waals surface area contributed by atoms with Crippen molar-refractivity contribution < 1.29 is 15.0 Å². The lowest BCUT2D eigenvalue weighted by Gasteiger charge is -2.18. The Hall–Kier alpha value is -1.71. The number of phenols is 1. The van der Waals surface area contributed by atoms with Crippen LogP contribution in [0, 0.1) is 0 Å². The number of halogens is 2. The zero-order valence-corrected chi connectivity index (χ0v) is 11.9. The quantitative estimate of drug-likeness (QED) is 0.885. The van der Waals surface area contributed by atoms with Crippen LogP contribution in [0.5, 0.6) is 5.75 Å². The number of carbonyl (C=O) groups is 1. The van der Waals surface area contributed by atoms with E-state index in [9.17, 15) is 9.90 Å². The van der Waals surface area contributed by atoms with Crippen molar-refractivity contribution in [3.63, 3.8) is 0 Å². The van der Waals surface area contributed by atoms with Crippen LogP contribution in [0.2, 0.25) is 10.0 Å². The lowest BCUT2D eigenvalue weighted by Crippen LogP contribution is -2.08. The monoisotopic (exact) mass is 310 g/mol. The van der Waals surface area contributed by atoms with Gasteiger partial charge in [-0.25, -0.2) is 0 Å². The molecule has 1 atom stereocenters. The topological polar surface area (TPSA) is 57.5 Å². The van der Waals surface area contributed by atoms with E-state index in [1.165, 1.54) is 6.07 Å². The Labute approximate surface area is 126 Å². The minimum absolute atomic E-state index is 0.0375. The molecular formula is C15H12Cl2O3. The molecule has 0 saturated carbocycles. The number of hydrogen-bond acceptors (Lipinski definition) is 2. The van der Waals surface area contributed by atoms with Gasteiger partial charge >= 0.3 is 5.97 Å². The van der Waals surface area contributed by atoms with Crippen LogP contribution in [-0.2, 0) is 4.79 Å². The number of carboxylic acid groups (broad SMARTS) is 1. The van der Waals surface area contributed by atoms with Crippen molar-refractivity contribution in [2.75, 3.05) is 0 Å². The standard InChI is InChI=1S/C15H12Cl2O3/c16-14-10(6-7-12(18)15(14)17)11(8-13(19)20)9-4-2-1-3-5-9/h1-7,11,18H,8H2,(H,19,20)/t11-/m1/s1. The van der Waals surface area contributed by atoms with Crippen LogP contribution >= 0.6 is 23.2 Å². The van der Waals surface area contributed by atoms with Crippen molar-refractivity contribution in [3.8, 4) is 5.75 Å². The largest absolute Gasteiger partial charge is 0.506 e. The van der Waals surface area contributed by atoms with E-state index in [1.54, 1.807) is 6.07 Å². The summed E-state index contributed by atoms with van der Waals surface area (Å²) in [7, 11) is 0. The summed E-state index contributed by atoms with van der Waals surface area (Å²) in [6.07, 6.45) is -0.106. The first kappa shape index (κ1) is 14.7. The summed E-state index contributed by atoms with van der Waals surface area (Å²) in [5.41, 5.74) is 1.42. The fourth-order valence-corrected chi connectivity index (χ4v) is 2.55. The lowest BCUT2D eigenvalue weighted by atomic mass is 9.88. The molecule has 0 amide bonds. The summed E-state index contributed by atoms with van der Waals surface area (Å²) in [6, 6.07) is 12.2. The normalized spacial score (nSPS) is 12.1. The summed E-state index contributed by atoms with van der Waals surface area (Å²) >= 11 is 12.1. The van der Waals surface area contributed by atoms with Crippen LogP contribution in [0.15, 0.2) is 42.5 Å². The molecular weight excluding hydrogens is 299 g/mol. The van der Waals surface area contributed by atoms with Gasteiger partial charge in [-0.2, -0.15) is 0 Å². The molecule has 5 heteroatoms. The Kier molecular flexibility index (Phi) is 4.53. The van der Waals surface area contributed by atoms with Gasteiger partial charge in [-0.1, -0.05) is 59.6 Å². The summed E-state index contributed by atoms with van der Waals surface area (Å²) in [4.78, 5) is 11.1. The molecule has 0 unspecified atom stereocenters. The van der Waals surface area contributed by atoms with E-state index in [0.717, 1.165) is 5.56 Å². The predicted octanol–water partition coefficient (Wildman–Crippen LogP) is 4.31. The molecule has 104 valence electrons. The minimum Gasteiger partial charge on any atom is -0.506 e. The molecule has 2 aromatic carbocycles. The second kappa shape index (κ2) is 6.16. The third-order valence-corrected chi connectivity index (χ3v) is 3.93. The van der Waals surface area contributed by atoms with Gasteiger partial charge in [0.1, 0.15) is 10.8 Å². The maximum atomic E-state index is 11.1. The van der Waals surface area contributed by atoms with Crippen molar-refractivity contribution in [1.29, 1.82) is 0 Å². The molecule has 0 bridgehead atoms. The highest BCUT2D eigenvalue weighted by Crippen LogP contribution is 2.40. The van der Waals surface area contributed by atoms with Gasteiger partial charge in [0.2, 0.25) is 0 Å². The first-order chi connectivity index (χ1) is 9.50. The van der Waals surface area contributed by atoms with E-state index in [1.807, 2.05) is 30.3 Å². The number of carboxylic acids is 1. The van der Waals surface area contributed by atoms with Crippen molar-refractivity contribution in [1.82, 2.24) is 0 Å². The molecule has 20 heavy (non-hydrogen) atoms. The zero-order valence-electron chi connectivity index (χ0n) is 10.4. The van der Waals surface area contributed by atoms with Gasteiger partial charge in [0.15, 0.2) is 0 Å². The molecule has 2 rings (SSSR count). The SMILES string of the molecule is O=C(O)C[C@H](c1ccccc1)c1ccc(O)c(Cl)c1Cl.